The van der Waals surface area contributed by atoms with Gasteiger partial charge in [-0.3, -0.25) is 4.79 Å². The van der Waals surface area contributed by atoms with E-state index in [1.165, 1.54) is 36.6 Å². The normalized spacial score (nSPS) is 20.4. The van der Waals surface area contributed by atoms with Crippen LogP contribution in [0.15, 0.2) is 29.4 Å². The molecule has 1 N–H and O–H groups in total. The molecule has 1 aromatic carbocycles. The Morgan fingerprint density at radius 2 is 2.12 bits per heavy atom. The summed E-state index contributed by atoms with van der Waals surface area (Å²) in [5, 5.41) is 12.5. The first kappa shape index (κ1) is 18.0. The van der Waals surface area contributed by atoms with Crippen molar-refractivity contribution in [3.05, 3.63) is 29.8 Å². The minimum absolute atomic E-state index is 0.0869. The second-order valence-corrected chi connectivity index (χ2v) is 7.90. The van der Waals surface area contributed by atoms with Crippen LogP contribution in [0.5, 0.6) is 0 Å². The van der Waals surface area contributed by atoms with Gasteiger partial charge in [-0.25, -0.2) is 0 Å². The fourth-order valence-corrected chi connectivity index (χ4v) is 4.11. The number of carbonyl (C=O) groups is 1. The number of amides is 1. The summed E-state index contributed by atoms with van der Waals surface area (Å²) in [6.07, 6.45) is 4.80. The van der Waals surface area contributed by atoms with Crippen LogP contribution < -0.4 is 5.32 Å². The number of benzene rings is 1. The van der Waals surface area contributed by atoms with Gasteiger partial charge in [0.1, 0.15) is 0 Å². The zero-order chi connectivity index (χ0) is 17.8. The summed E-state index contributed by atoms with van der Waals surface area (Å²) < 4.78 is 1.95. The number of nitrogens with one attached hydrogen (secondary N) is 1. The Kier molecular flexibility index (Phi) is 5.78. The number of carbonyl (C=O) groups excluding carboxylic acids is 1. The third kappa shape index (κ3) is 4.42. The standard InChI is InChI=1S/C19H26N4OS/c1-13-7-6-9-15(11-13)18-21-22-19(23(18)3)25-12-17(24)20-16-10-5-4-8-14(16)2/h6-7,9,11,14,16H,4-5,8,10,12H2,1-3H3,(H,20,24)/t14-,16-/m1/s1. The van der Waals surface area contributed by atoms with Crippen LogP contribution in [0, 0.1) is 12.8 Å². The molecule has 1 heterocycles. The van der Waals surface area contributed by atoms with E-state index in [9.17, 15) is 4.79 Å². The minimum Gasteiger partial charge on any atom is -0.352 e. The lowest BCUT2D eigenvalue weighted by Crippen LogP contribution is -2.41. The third-order valence-electron chi connectivity index (χ3n) is 4.90. The van der Waals surface area contributed by atoms with Crippen LogP contribution in [-0.4, -0.2) is 32.5 Å². The Morgan fingerprint density at radius 3 is 2.88 bits per heavy atom. The van der Waals surface area contributed by atoms with Gasteiger partial charge in [0, 0.05) is 18.7 Å². The summed E-state index contributed by atoms with van der Waals surface area (Å²) in [4.78, 5) is 12.3. The SMILES string of the molecule is Cc1cccc(-c2nnc(SCC(=O)N[C@@H]3CCCC[C@H]3C)n2C)c1. The fourth-order valence-electron chi connectivity index (χ4n) is 3.39. The van der Waals surface area contributed by atoms with Crippen molar-refractivity contribution in [3.8, 4) is 11.4 Å². The van der Waals surface area contributed by atoms with Gasteiger partial charge in [0.2, 0.25) is 5.91 Å². The van der Waals surface area contributed by atoms with E-state index in [1.54, 1.807) is 0 Å². The smallest absolute Gasteiger partial charge is 0.230 e. The van der Waals surface area contributed by atoms with Gasteiger partial charge in [0.05, 0.1) is 5.75 Å². The zero-order valence-corrected chi connectivity index (χ0v) is 16.0. The average molecular weight is 359 g/mol. The van der Waals surface area contributed by atoms with E-state index in [0.29, 0.717) is 17.7 Å². The zero-order valence-electron chi connectivity index (χ0n) is 15.2. The molecule has 0 aliphatic heterocycles. The number of aryl methyl sites for hydroxylation is 1. The lowest BCUT2D eigenvalue weighted by Gasteiger charge is -2.29. The predicted octanol–water partition coefficient (Wildman–Crippen LogP) is 3.58. The van der Waals surface area contributed by atoms with Crippen LogP contribution in [0.2, 0.25) is 0 Å². The summed E-state index contributed by atoms with van der Waals surface area (Å²) in [6, 6.07) is 8.53. The maximum absolute atomic E-state index is 12.3. The molecule has 3 rings (SSSR count). The molecule has 5 nitrogen and oxygen atoms in total. The lowest BCUT2D eigenvalue weighted by atomic mass is 9.86. The highest BCUT2D eigenvalue weighted by atomic mass is 32.2. The number of hydrogen-bond acceptors (Lipinski definition) is 4. The van der Waals surface area contributed by atoms with E-state index < -0.39 is 0 Å². The highest BCUT2D eigenvalue weighted by Crippen LogP contribution is 2.25. The summed E-state index contributed by atoms with van der Waals surface area (Å²) in [5.41, 5.74) is 2.23. The van der Waals surface area contributed by atoms with Crippen molar-refractivity contribution < 1.29 is 4.79 Å². The van der Waals surface area contributed by atoms with Gasteiger partial charge in [-0.1, -0.05) is 55.3 Å². The Morgan fingerprint density at radius 1 is 1.32 bits per heavy atom. The Bertz CT molecular complexity index is 743. The quantitative estimate of drug-likeness (QED) is 0.830. The van der Waals surface area contributed by atoms with Gasteiger partial charge >= 0.3 is 0 Å². The van der Waals surface area contributed by atoms with Crippen LogP contribution in [0.4, 0.5) is 0 Å². The van der Waals surface area contributed by atoms with Crippen molar-refractivity contribution in [2.45, 2.75) is 50.7 Å². The Labute approximate surface area is 153 Å². The number of aromatic nitrogens is 3. The number of rotatable bonds is 5. The van der Waals surface area contributed by atoms with Crippen LogP contribution >= 0.6 is 11.8 Å². The second-order valence-electron chi connectivity index (χ2n) is 6.96. The second kappa shape index (κ2) is 8.04. The van der Waals surface area contributed by atoms with Crippen LogP contribution in [0.25, 0.3) is 11.4 Å². The Balaban J connectivity index is 1.59. The molecule has 1 aromatic heterocycles. The summed E-state index contributed by atoms with van der Waals surface area (Å²) >= 11 is 1.44. The minimum atomic E-state index is 0.0869. The maximum atomic E-state index is 12.3. The molecule has 0 unspecified atom stereocenters. The van der Waals surface area contributed by atoms with Crippen LogP contribution in [0.3, 0.4) is 0 Å². The molecule has 1 saturated carbocycles. The number of thioether (sulfide) groups is 1. The van der Waals surface area contributed by atoms with Crippen molar-refractivity contribution in [2.24, 2.45) is 13.0 Å². The highest BCUT2D eigenvalue weighted by Gasteiger charge is 2.23. The van der Waals surface area contributed by atoms with Crippen molar-refractivity contribution >= 4 is 17.7 Å². The number of nitrogens with zero attached hydrogens (tertiary/aromatic N) is 3. The largest absolute Gasteiger partial charge is 0.352 e. The monoisotopic (exact) mass is 358 g/mol. The van der Waals surface area contributed by atoms with Crippen LogP contribution in [-0.2, 0) is 11.8 Å². The molecule has 0 spiro atoms. The van der Waals surface area contributed by atoms with Gasteiger partial charge in [0.15, 0.2) is 11.0 Å². The molecule has 25 heavy (non-hydrogen) atoms. The highest BCUT2D eigenvalue weighted by molar-refractivity contribution is 7.99. The topological polar surface area (TPSA) is 59.8 Å². The molecule has 1 fully saturated rings. The summed E-state index contributed by atoms with van der Waals surface area (Å²) in [6.45, 7) is 4.29. The first-order valence-electron chi connectivity index (χ1n) is 8.93. The van der Waals surface area contributed by atoms with E-state index in [4.69, 9.17) is 0 Å². The summed E-state index contributed by atoms with van der Waals surface area (Å²) in [7, 11) is 1.95. The van der Waals surface area contributed by atoms with Crippen molar-refractivity contribution in [1.82, 2.24) is 20.1 Å². The van der Waals surface area contributed by atoms with E-state index in [1.807, 2.05) is 23.7 Å². The van der Waals surface area contributed by atoms with Gasteiger partial charge < -0.3 is 9.88 Å². The molecule has 2 atom stereocenters. The lowest BCUT2D eigenvalue weighted by molar-refractivity contribution is -0.119. The molecule has 1 aliphatic rings. The molecule has 1 aliphatic carbocycles. The molecule has 134 valence electrons. The van der Waals surface area contributed by atoms with E-state index in [2.05, 4.69) is 41.5 Å². The third-order valence-corrected chi connectivity index (χ3v) is 5.92. The fraction of sp³-hybridized carbons (Fsp3) is 0.526. The molecule has 0 bridgehead atoms. The first-order chi connectivity index (χ1) is 12.0. The maximum Gasteiger partial charge on any atom is 0.230 e. The first-order valence-corrected chi connectivity index (χ1v) is 9.91. The van der Waals surface area contributed by atoms with Crippen molar-refractivity contribution in [2.75, 3.05) is 5.75 Å². The van der Waals surface area contributed by atoms with Gasteiger partial charge in [-0.05, 0) is 31.7 Å². The average Bonchev–Trinajstić information content (AvgIpc) is 2.96. The van der Waals surface area contributed by atoms with Crippen molar-refractivity contribution in [1.29, 1.82) is 0 Å². The molecular weight excluding hydrogens is 332 g/mol. The molecule has 2 aromatic rings. The molecule has 6 heteroatoms. The van der Waals surface area contributed by atoms with E-state index in [0.717, 1.165) is 23.0 Å². The van der Waals surface area contributed by atoms with Gasteiger partial charge in [-0.2, -0.15) is 0 Å². The van der Waals surface area contributed by atoms with Gasteiger partial charge in [-0.15, -0.1) is 10.2 Å². The molecule has 0 radical (unpaired) electrons. The van der Waals surface area contributed by atoms with E-state index in [-0.39, 0.29) is 5.91 Å². The van der Waals surface area contributed by atoms with Gasteiger partial charge in [0.25, 0.3) is 0 Å². The van der Waals surface area contributed by atoms with Crippen molar-refractivity contribution in [3.63, 3.8) is 0 Å². The van der Waals surface area contributed by atoms with Crippen LogP contribution in [0.1, 0.15) is 38.2 Å². The number of hydrogen-bond donors (Lipinski definition) is 1. The van der Waals surface area contributed by atoms with E-state index >= 15 is 0 Å². The Hall–Kier alpha value is -1.82. The molecule has 0 saturated heterocycles. The molecular formula is C19H26N4OS. The molecule has 1 amide bonds. The summed E-state index contributed by atoms with van der Waals surface area (Å²) in [5.74, 6) is 1.87. The predicted molar refractivity (Wildman–Crippen MR) is 101 cm³/mol.